The van der Waals surface area contributed by atoms with Crippen LogP contribution >= 0.6 is 0 Å². The van der Waals surface area contributed by atoms with Gasteiger partial charge in [-0.15, -0.1) is 0 Å². The normalized spacial score (nSPS) is 17.3. The lowest BCUT2D eigenvalue weighted by atomic mass is 9.94. The molecule has 4 heteroatoms. The topological polar surface area (TPSA) is 66.0 Å². The second-order valence-electron chi connectivity index (χ2n) is 2.23. The minimum atomic E-state index is 0. The van der Waals surface area contributed by atoms with Gasteiger partial charge in [0.1, 0.15) is 0 Å². The highest BCUT2D eigenvalue weighted by Crippen LogP contribution is 2.13. The number of nitrogens with one attached hydrogen (secondary N) is 1. The summed E-state index contributed by atoms with van der Waals surface area (Å²) in [6.45, 7) is 0. The Balaban J connectivity index is 0.000000640. The number of hydrogen-bond acceptors (Lipinski definition) is 0. The highest BCUT2D eigenvalue weighted by molar-refractivity contribution is 5.69. The van der Waals surface area contributed by atoms with Crippen molar-refractivity contribution in [2.24, 2.45) is 11.5 Å². The SMILES string of the molecule is NC(N)=[NH+]C1CCC1.[Cl-]. The van der Waals surface area contributed by atoms with Crippen LogP contribution in [0.1, 0.15) is 19.3 Å². The zero-order valence-corrected chi connectivity index (χ0v) is 5.99. The predicted octanol–water partition coefficient (Wildman–Crippen LogP) is -5.10. The van der Waals surface area contributed by atoms with Crippen LogP contribution in [-0.2, 0) is 0 Å². The summed E-state index contributed by atoms with van der Waals surface area (Å²) in [6, 6.07) is 0.569. The molecule has 1 fully saturated rings. The van der Waals surface area contributed by atoms with E-state index in [1.54, 1.807) is 0 Å². The van der Waals surface area contributed by atoms with Gasteiger partial charge in [0.25, 0.3) is 0 Å². The number of rotatable bonds is 1. The van der Waals surface area contributed by atoms with E-state index in [4.69, 9.17) is 11.5 Å². The van der Waals surface area contributed by atoms with Crippen molar-refractivity contribution in [3.63, 3.8) is 0 Å². The molecule has 0 aromatic rings. The van der Waals surface area contributed by atoms with Crippen LogP contribution < -0.4 is 28.9 Å². The van der Waals surface area contributed by atoms with Crippen molar-refractivity contribution in [1.29, 1.82) is 0 Å². The zero-order chi connectivity index (χ0) is 5.98. The summed E-state index contributed by atoms with van der Waals surface area (Å²) in [6.07, 6.45) is 3.75. The Kier molecular flexibility index (Phi) is 3.39. The second kappa shape index (κ2) is 3.56. The Bertz CT molecular complexity index is 105. The Hall–Kier alpha value is -0.440. The highest BCUT2D eigenvalue weighted by Gasteiger charge is 2.16. The fourth-order valence-electron chi connectivity index (χ4n) is 0.788. The van der Waals surface area contributed by atoms with E-state index in [0.29, 0.717) is 12.0 Å². The summed E-state index contributed by atoms with van der Waals surface area (Å²) in [5.41, 5.74) is 10.4. The van der Waals surface area contributed by atoms with E-state index in [1.807, 2.05) is 0 Å². The van der Waals surface area contributed by atoms with E-state index in [1.165, 1.54) is 19.3 Å². The smallest absolute Gasteiger partial charge is 0.338 e. The molecule has 0 radical (unpaired) electrons. The third-order valence-corrected chi connectivity index (χ3v) is 1.48. The van der Waals surface area contributed by atoms with Crippen molar-refractivity contribution in [1.82, 2.24) is 0 Å². The van der Waals surface area contributed by atoms with E-state index in [0.717, 1.165) is 0 Å². The quantitative estimate of drug-likeness (QED) is 0.258. The molecule has 0 aliphatic heterocycles. The van der Waals surface area contributed by atoms with E-state index >= 15 is 0 Å². The summed E-state index contributed by atoms with van der Waals surface area (Å²) in [5.74, 6) is 0.356. The zero-order valence-electron chi connectivity index (χ0n) is 5.23. The average Bonchev–Trinajstić information content (AvgIpc) is 1.55. The number of hydrogen-bond donors (Lipinski definition) is 3. The van der Waals surface area contributed by atoms with Gasteiger partial charge in [0, 0.05) is 0 Å². The van der Waals surface area contributed by atoms with Crippen LogP contribution in [0.5, 0.6) is 0 Å². The Labute approximate surface area is 60.9 Å². The first-order chi connectivity index (χ1) is 3.79. The third-order valence-electron chi connectivity index (χ3n) is 1.48. The van der Waals surface area contributed by atoms with Gasteiger partial charge in [-0.05, 0) is 19.3 Å². The molecule has 1 aliphatic carbocycles. The summed E-state index contributed by atoms with van der Waals surface area (Å²) in [4.78, 5) is 2.95. The molecule has 0 amide bonds. The maximum Gasteiger partial charge on any atom is 0.338 e. The van der Waals surface area contributed by atoms with Gasteiger partial charge in [-0.2, -0.15) is 0 Å². The highest BCUT2D eigenvalue weighted by atomic mass is 35.5. The molecule has 0 bridgehead atoms. The Morgan fingerprint density at radius 1 is 1.33 bits per heavy atom. The van der Waals surface area contributed by atoms with Gasteiger partial charge in [0.2, 0.25) is 0 Å². The fourth-order valence-corrected chi connectivity index (χ4v) is 0.788. The summed E-state index contributed by atoms with van der Waals surface area (Å²) in [5, 5.41) is 0. The van der Waals surface area contributed by atoms with Gasteiger partial charge in [0.15, 0.2) is 0 Å². The molecule has 9 heavy (non-hydrogen) atoms. The molecular weight excluding hydrogens is 138 g/mol. The molecule has 1 rings (SSSR count). The first-order valence-electron chi connectivity index (χ1n) is 2.93. The number of nitrogens with two attached hydrogens (primary N) is 2. The molecule has 5 N–H and O–H groups in total. The van der Waals surface area contributed by atoms with Crippen molar-refractivity contribution in [2.75, 3.05) is 0 Å². The molecule has 0 saturated heterocycles. The molecule has 54 valence electrons. The molecule has 0 aromatic heterocycles. The van der Waals surface area contributed by atoms with Gasteiger partial charge in [-0.1, -0.05) is 0 Å². The molecule has 1 aliphatic rings. The first kappa shape index (κ1) is 8.56. The minimum absolute atomic E-state index is 0. The monoisotopic (exact) mass is 149 g/mol. The van der Waals surface area contributed by atoms with Crippen LogP contribution in [0.15, 0.2) is 0 Å². The van der Waals surface area contributed by atoms with Crippen molar-refractivity contribution in [3.05, 3.63) is 0 Å². The van der Waals surface area contributed by atoms with Crippen LogP contribution in [0, 0.1) is 0 Å². The van der Waals surface area contributed by atoms with Crippen LogP contribution in [0.2, 0.25) is 0 Å². The lowest BCUT2D eigenvalue weighted by molar-refractivity contribution is -0.519. The van der Waals surface area contributed by atoms with Crippen LogP contribution in [-0.4, -0.2) is 12.0 Å². The number of halogens is 1. The maximum absolute atomic E-state index is 5.19. The molecule has 0 aromatic carbocycles. The lowest BCUT2D eigenvalue weighted by Crippen LogP contribution is -3.00. The van der Waals surface area contributed by atoms with Gasteiger partial charge in [-0.3, -0.25) is 16.5 Å². The van der Waals surface area contributed by atoms with Crippen LogP contribution in [0.3, 0.4) is 0 Å². The fraction of sp³-hybridized carbons (Fsp3) is 0.800. The van der Waals surface area contributed by atoms with E-state index in [9.17, 15) is 0 Å². The van der Waals surface area contributed by atoms with Crippen LogP contribution in [0.25, 0.3) is 0 Å². The summed E-state index contributed by atoms with van der Waals surface area (Å²) >= 11 is 0. The molecule has 0 atom stereocenters. The van der Waals surface area contributed by atoms with Gasteiger partial charge >= 0.3 is 5.96 Å². The molecule has 0 unspecified atom stereocenters. The van der Waals surface area contributed by atoms with Crippen molar-refractivity contribution in [3.8, 4) is 0 Å². The third kappa shape index (κ3) is 2.56. The maximum atomic E-state index is 5.19. The summed E-state index contributed by atoms with van der Waals surface area (Å²) < 4.78 is 0. The largest absolute Gasteiger partial charge is 1.00 e. The van der Waals surface area contributed by atoms with Gasteiger partial charge in [0.05, 0.1) is 6.04 Å². The molecule has 0 spiro atoms. The average molecular weight is 150 g/mol. The Morgan fingerprint density at radius 3 is 2.00 bits per heavy atom. The first-order valence-corrected chi connectivity index (χ1v) is 2.93. The minimum Gasteiger partial charge on any atom is -1.00 e. The summed E-state index contributed by atoms with van der Waals surface area (Å²) in [7, 11) is 0. The molecular formula is C5H12ClN3. The van der Waals surface area contributed by atoms with Gasteiger partial charge in [-0.25, -0.2) is 0 Å². The molecule has 1 saturated carbocycles. The molecule has 0 heterocycles. The van der Waals surface area contributed by atoms with E-state index in [-0.39, 0.29) is 12.4 Å². The van der Waals surface area contributed by atoms with E-state index in [2.05, 4.69) is 4.99 Å². The van der Waals surface area contributed by atoms with Crippen LogP contribution in [0.4, 0.5) is 0 Å². The van der Waals surface area contributed by atoms with E-state index < -0.39 is 0 Å². The van der Waals surface area contributed by atoms with Crippen molar-refractivity contribution in [2.45, 2.75) is 25.3 Å². The van der Waals surface area contributed by atoms with Crippen molar-refractivity contribution < 1.29 is 17.4 Å². The number of guanidine groups is 1. The van der Waals surface area contributed by atoms with Crippen molar-refractivity contribution >= 4 is 5.96 Å². The second-order valence-corrected chi connectivity index (χ2v) is 2.23. The molecule has 3 nitrogen and oxygen atoms in total. The standard InChI is InChI=1S/C5H11N3.ClH/c6-5(7)8-4-2-1-3-4;/h4H,1-3H2,(H4,6,7,8);1H. The van der Waals surface area contributed by atoms with Gasteiger partial charge < -0.3 is 12.4 Å². The lowest BCUT2D eigenvalue weighted by Gasteiger charge is -2.18. The Morgan fingerprint density at radius 2 is 1.89 bits per heavy atom. The predicted molar refractivity (Wildman–Crippen MR) is 32.0 cm³/mol.